The maximum Gasteiger partial charge on any atom is 0.0829 e. The van der Waals surface area contributed by atoms with E-state index in [2.05, 4.69) is 49.9 Å². The topological polar surface area (TPSA) is 27.7 Å². The van der Waals surface area contributed by atoms with E-state index < -0.39 is 0 Å². The number of nitrogens with zero attached hydrogens (tertiary/aromatic N) is 2. The highest BCUT2D eigenvalue weighted by atomic mass is 16.5. The molecule has 0 spiro atoms. The molecule has 0 amide bonds. The summed E-state index contributed by atoms with van der Waals surface area (Å²) >= 11 is 0. The molecule has 4 heteroatoms. The summed E-state index contributed by atoms with van der Waals surface area (Å²) in [5.74, 6) is 0.728. The average molecular weight is 271 g/mol. The molecule has 0 aromatic rings. The standard InChI is InChI=1S/C15H33N3O/c1-13(2)10-16-6-7-17(5)11-15-12-18(14(3)4)8-9-19-15/h13-16H,6-12H2,1-5H3. The lowest BCUT2D eigenvalue weighted by molar-refractivity contribution is -0.0493. The molecule has 1 aliphatic rings. The molecule has 0 aliphatic carbocycles. The molecule has 1 aliphatic heterocycles. The van der Waals surface area contributed by atoms with Gasteiger partial charge in [0, 0.05) is 38.8 Å². The molecule has 0 radical (unpaired) electrons. The van der Waals surface area contributed by atoms with Crippen LogP contribution in [-0.2, 0) is 4.74 Å². The lowest BCUT2D eigenvalue weighted by Gasteiger charge is -2.37. The monoisotopic (exact) mass is 271 g/mol. The minimum Gasteiger partial charge on any atom is -0.374 e. The highest BCUT2D eigenvalue weighted by Gasteiger charge is 2.22. The first-order chi connectivity index (χ1) is 8.99. The van der Waals surface area contributed by atoms with Crippen molar-refractivity contribution in [1.29, 1.82) is 0 Å². The van der Waals surface area contributed by atoms with Crippen LogP contribution in [0.15, 0.2) is 0 Å². The molecular weight excluding hydrogens is 238 g/mol. The lowest BCUT2D eigenvalue weighted by atomic mass is 10.2. The number of rotatable bonds is 8. The molecule has 0 saturated carbocycles. The van der Waals surface area contributed by atoms with Gasteiger partial charge in [-0.25, -0.2) is 0 Å². The first-order valence-electron chi connectivity index (χ1n) is 7.74. The van der Waals surface area contributed by atoms with Gasteiger partial charge in [-0.3, -0.25) is 4.90 Å². The molecular formula is C15H33N3O. The van der Waals surface area contributed by atoms with E-state index >= 15 is 0 Å². The lowest BCUT2D eigenvalue weighted by Crippen LogP contribution is -2.49. The number of hydrogen-bond acceptors (Lipinski definition) is 4. The van der Waals surface area contributed by atoms with Crippen molar-refractivity contribution in [2.45, 2.75) is 39.8 Å². The van der Waals surface area contributed by atoms with Crippen molar-refractivity contribution < 1.29 is 4.74 Å². The molecule has 1 fully saturated rings. The Morgan fingerprint density at radius 3 is 2.68 bits per heavy atom. The third-order valence-electron chi connectivity index (χ3n) is 3.64. The zero-order valence-corrected chi connectivity index (χ0v) is 13.5. The number of nitrogens with one attached hydrogen (secondary N) is 1. The van der Waals surface area contributed by atoms with Gasteiger partial charge >= 0.3 is 0 Å². The molecule has 1 N–H and O–H groups in total. The van der Waals surface area contributed by atoms with Gasteiger partial charge in [-0.2, -0.15) is 0 Å². The summed E-state index contributed by atoms with van der Waals surface area (Å²) in [5, 5.41) is 3.49. The molecule has 1 unspecified atom stereocenters. The summed E-state index contributed by atoms with van der Waals surface area (Å²) < 4.78 is 5.87. The number of ether oxygens (including phenoxy) is 1. The summed E-state index contributed by atoms with van der Waals surface area (Å²) in [6.07, 6.45) is 0.367. The molecule has 0 aromatic carbocycles. The van der Waals surface area contributed by atoms with Gasteiger partial charge < -0.3 is 15.0 Å². The van der Waals surface area contributed by atoms with E-state index in [1.54, 1.807) is 0 Å². The molecule has 4 nitrogen and oxygen atoms in total. The molecule has 1 heterocycles. The highest BCUT2D eigenvalue weighted by molar-refractivity contribution is 4.76. The molecule has 1 saturated heterocycles. The maximum absolute atomic E-state index is 5.87. The van der Waals surface area contributed by atoms with Gasteiger partial charge in [0.25, 0.3) is 0 Å². The zero-order chi connectivity index (χ0) is 14.3. The van der Waals surface area contributed by atoms with E-state index in [0.29, 0.717) is 12.1 Å². The van der Waals surface area contributed by atoms with Crippen LogP contribution in [0.1, 0.15) is 27.7 Å². The van der Waals surface area contributed by atoms with Crippen molar-refractivity contribution in [2.24, 2.45) is 5.92 Å². The van der Waals surface area contributed by atoms with Crippen LogP contribution >= 0.6 is 0 Å². The largest absolute Gasteiger partial charge is 0.374 e. The molecule has 1 atom stereocenters. The van der Waals surface area contributed by atoms with Crippen LogP contribution in [0, 0.1) is 5.92 Å². The summed E-state index contributed by atoms with van der Waals surface area (Å²) in [4.78, 5) is 4.89. The van der Waals surface area contributed by atoms with Crippen molar-refractivity contribution >= 4 is 0 Å². The SMILES string of the molecule is CC(C)CNCCN(C)CC1CN(C(C)C)CCO1. The Hall–Kier alpha value is -0.160. The predicted molar refractivity (Wildman–Crippen MR) is 81.7 cm³/mol. The minimum absolute atomic E-state index is 0.367. The maximum atomic E-state index is 5.87. The summed E-state index contributed by atoms with van der Waals surface area (Å²) in [6.45, 7) is 16.3. The van der Waals surface area contributed by atoms with E-state index in [4.69, 9.17) is 4.74 Å². The fourth-order valence-corrected chi connectivity index (χ4v) is 2.42. The summed E-state index contributed by atoms with van der Waals surface area (Å²) in [6, 6.07) is 0.629. The van der Waals surface area contributed by atoms with Crippen LogP contribution in [0.4, 0.5) is 0 Å². The summed E-state index contributed by atoms with van der Waals surface area (Å²) in [5.41, 5.74) is 0. The third kappa shape index (κ3) is 7.25. The Labute approximate surface area is 119 Å². The second-order valence-electron chi connectivity index (χ2n) is 6.44. The predicted octanol–water partition coefficient (Wildman–Crippen LogP) is 1.27. The van der Waals surface area contributed by atoms with Crippen LogP contribution < -0.4 is 5.32 Å². The second-order valence-corrected chi connectivity index (χ2v) is 6.44. The smallest absolute Gasteiger partial charge is 0.0829 e. The number of hydrogen-bond donors (Lipinski definition) is 1. The van der Waals surface area contributed by atoms with E-state index in [-0.39, 0.29) is 0 Å². The van der Waals surface area contributed by atoms with Crippen molar-refractivity contribution in [1.82, 2.24) is 15.1 Å². The Balaban J connectivity index is 2.15. The zero-order valence-electron chi connectivity index (χ0n) is 13.5. The van der Waals surface area contributed by atoms with E-state index in [1.807, 2.05) is 0 Å². The Bertz CT molecular complexity index is 233. The van der Waals surface area contributed by atoms with Crippen LogP contribution in [-0.4, -0.2) is 74.9 Å². The highest BCUT2D eigenvalue weighted by Crippen LogP contribution is 2.09. The molecule has 0 aromatic heterocycles. The number of likely N-dealkylation sites (N-methyl/N-ethyl adjacent to an activating group) is 1. The van der Waals surface area contributed by atoms with Gasteiger partial charge in [0.05, 0.1) is 12.7 Å². The summed E-state index contributed by atoms with van der Waals surface area (Å²) in [7, 11) is 2.19. The Kier molecular flexibility index (Phi) is 7.91. The fourth-order valence-electron chi connectivity index (χ4n) is 2.42. The Morgan fingerprint density at radius 2 is 2.05 bits per heavy atom. The van der Waals surface area contributed by atoms with Crippen molar-refractivity contribution in [3.8, 4) is 0 Å². The van der Waals surface area contributed by atoms with Crippen molar-refractivity contribution in [3.05, 3.63) is 0 Å². The quantitative estimate of drug-likeness (QED) is 0.673. The normalized spacial score (nSPS) is 21.8. The van der Waals surface area contributed by atoms with Crippen LogP contribution in [0.3, 0.4) is 0 Å². The van der Waals surface area contributed by atoms with Crippen molar-refractivity contribution in [3.63, 3.8) is 0 Å². The van der Waals surface area contributed by atoms with Gasteiger partial charge in [-0.15, -0.1) is 0 Å². The minimum atomic E-state index is 0.367. The van der Waals surface area contributed by atoms with E-state index in [9.17, 15) is 0 Å². The molecule has 19 heavy (non-hydrogen) atoms. The van der Waals surface area contributed by atoms with Gasteiger partial charge in [0.1, 0.15) is 0 Å². The van der Waals surface area contributed by atoms with E-state index in [1.165, 1.54) is 0 Å². The van der Waals surface area contributed by atoms with Gasteiger partial charge in [0.2, 0.25) is 0 Å². The fraction of sp³-hybridized carbons (Fsp3) is 1.00. The van der Waals surface area contributed by atoms with Crippen molar-refractivity contribution in [2.75, 3.05) is 52.9 Å². The molecule has 114 valence electrons. The first-order valence-corrected chi connectivity index (χ1v) is 7.74. The third-order valence-corrected chi connectivity index (χ3v) is 3.64. The van der Waals surface area contributed by atoms with Gasteiger partial charge in [-0.05, 0) is 33.4 Å². The average Bonchev–Trinajstić information content (AvgIpc) is 2.34. The van der Waals surface area contributed by atoms with E-state index in [0.717, 1.165) is 51.8 Å². The van der Waals surface area contributed by atoms with Crippen LogP contribution in [0.5, 0.6) is 0 Å². The first kappa shape index (κ1) is 16.9. The van der Waals surface area contributed by atoms with Gasteiger partial charge in [0.15, 0.2) is 0 Å². The number of morpholine rings is 1. The second kappa shape index (κ2) is 8.90. The van der Waals surface area contributed by atoms with Gasteiger partial charge in [-0.1, -0.05) is 13.8 Å². The molecule has 1 rings (SSSR count). The molecule has 0 bridgehead atoms. The van der Waals surface area contributed by atoms with Crippen LogP contribution in [0.25, 0.3) is 0 Å². The Morgan fingerprint density at radius 1 is 1.32 bits per heavy atom. The van der Waals surface area contributed by atoms with Crippen LogP contribution in [0.2, 0.25) is 0 Å².